The third-order valence-electron chi connectivity index (χ3n) is 3.95. The van der Waals surface area contributed by atoms with Gasteiger partial charge in [0.25, 0.3) is 0 Å². The average molecular weight is 352 g/mol. The molecule has 25 heavy (non-hydrogen) atoms. The Morgan fingerprint density at radius 3 is 2.36 bits per heavy atom. The van der Waals surface area contributed by atoms with Crippen LogP contribution in [-0.2, 0) is 17.4 Å². The number of aromatic amines is 1. The van der Waals surface area contributed by atoms with E-state index in [1.54, 1.807) is 13.8 Å². The molecule has 0 aliphatic heterocycles. The second-order valence-corrected chi connectivity index (χ2v) is 5.76. The van der Waals surface area contributed by atoms with Gasteiger partial charge in [0.15, 0.2) is 5.43 Å². The summed E-state index contributed by atoms with van der Waals surface area (Å²) in [6.45, 7) is 5.53. The van der Waals surface area contributed by atoms with Gasteiger partial charge in [0.2, 0.25) is 0 Å². The summed E-state index contributed by atoms with van der Waals surface area (Å²) in [5, 5.41) is 3.78. The predicted octanol–water partition coefficient (Wildman–Crippen LogP) is 3.91. The average Bonchev–Trinajstić information content (AvgIpc) is 2.55. The van der Waals surface area contributed by atoms with Gasteiger partial charge >= 0.3 is 6.18 Å². The number of oxime groups is 1. The maximum atomic E-state index is 12.5. The van der Waals surface area contributed by atoms with Crippen LogP contribution in [0.3, 0.4) is 0 Å². The van der Waals surface area contributed by atoms with Gasteiger partial charge in [-0.15, -0.1) is 0 Å². The number of aromatic nitrogens is 1. The number of rotatable bonds is 5. The third kappa shape index (κ3) is 4.71. The van der Waals surface area contributed by atoms with Gasteiger partial charge in [-0.1, -0.05) is 17.3 Å². The van der Waals surface area contributed by atoms with Crippen molar-refractivity contribution in [2.24, 2.45) is 5.16 Å². The van der Waals surface area contributed by atoms with Crippen LogP contribution in [0.25, 0.3) is 0 Å². The van der Waals surface area contributed by atoms with Crippen molar-refractivity contribution < 1.29 is 18.0 Å². The molecule has 0 radical (unpaired) electrons. The molecule has 4 nitrogen and oxygen atoms in total. The minimum absolute atomic E-state index is 0.108. The van der Waals surface area contributed by atoms with Gasteiger partial charge in [-0.3, -0.25) is 4.79 Å². The Kier molecular flexibility index (Phi) is 5.66. The van der Waals surface area contributed by atoms with E-state index in [2.05, 4.69) is 10.1 Å². The topological polar surface area (TPSA) is 54.4 Å². The van der Waals surface area contributed by atoms with Crippen LogP contribution in [0.15, 0.2) is 34.2 Å². The molecule has 1 aromatic heterocycles. The molecule has 0 amide bonds. The smallest absolute Gasteiger partial charge is 0.395 e. The van der Waals surface area contributed by atoms with E-state index in [4.69, 9.17) is 4.84 Å². The molecule has 0 saturated heterocycles. The van der Waals surface area contributed by atoms with Gasteiger partial charge < -0.3 is 9.82 Å². The number of nitrogens with zero attached hydrogens (tertiary/aromatic N) is 1. The number of benzene rings is 1. The molecular formula is C18H19F3N2O2. The lowest BCUT2D eigenvalue weighted by molar-refractivity contribution is -0.137. The summed E-state index contributed by atoms with van der Waals surface area (Å²) in [6, 6.07) is 4.90. The first-order valence-corrected chi connectivity index (χ1v) is 7.71. The van der Waals surface area contributed by atoms with Crippen molar-refractivity contribution >= 4 is 6.21 Å². The summed E-state index contributed by atoms with van der Waals surface area (Å²) in [5.41, 5.74) is 2.48. The Bertz CT molecular complexity index is 822. The van der Waals surface area contributed by atoms with E-state index in [1.165, 1.54) is 18.3 Å². The SMILES string of the molecule is Cc1[nH]c(C)c(/C=N/OCCc2ccc(C(F)(F)F)cc2)c(=O)c1C. The Balaban J connectivity index is 1.93. The molecule has 0 atom stereocenters. The molecule has 1 heterocycles. The molecule has 0 aliphatic rings. The quantitative estimate of drug-likeness (QED) is 0.504. The summed E-state index contributed by atoms with van der Waals surface area (Å²) in [5.74, 6) is 0. The van der Waals surface area contributed by atoms with Crippen molar-refractivity contribution in [3.05, 3.63) is 68.1 Å². The molecule has 0 bridgehead atoms. The Morgan fingerprint density at radius 1 is 1.12 bits per heavy atom. The molecule has 0 fully saturated rings. The van der Waals surface area contributed by atoms with Gasteiger partial charge in [0, 0.05) is 23.4 Å². The number of nitrogens with one attached hydrogen (secondary N) is 1. The summed E-state index contributed by atoms with van der Waals surface area (Å²) in [6.07, 6.45) is -2.57. The van der Waals surface area contributed by atoms with E-state index in [9.17, 15) is 18.0 Å². The lowest BCUT2D eigenvalue weighted by atomic mass is 10.1. The fraction of sp³-hybridized carbons (Fsp3) is 0.333. The number of aryl methyl sites for hydroxylation is 2. The molecule has 1 aromatic carbocycles. The fourth-order valence-electron chi connectivity index (χ4n) is 2.31. The van der Waals surface area contributed by atoms with Gasteiger partial charge in [0.05, 0.1) is 17.3 Å². The molecule has 0 aliphatic carbocycles. The van der Waals surface area contributed by atoms with Crippen molar-refractivity contribution in [3.63, 3.8) is 0 Å². The summed E-state index contributed by atoms with van der Waals surface area (Å²) in [4.78, 5) is 20.4. The number of H-pyrrole nitrogens is 1. The Labute approximate surface area is 143 Å². The number of pyridine rings is 1. The van der Waals surface area contributed by atoms with Crippen molar-refractivity contribution in [3.8, 4) is 0 Å². The first-order valence-electron chi connectivity index (χ1n) is 7.71. The van der Waals surface area contributed by atoms with E-state index in [0.717, 1.165) is 17.8 Å². The highest BCUT2D eigenvalue weighted by Crippen LogP contribution is 2.29. The van der Waals surface area contributed by atoms with Gasteiger partial charge in [-0.2, -0.15) is 13.2 Å². The second-order valence-electron chi connectivity index (χ2n) is 5.76. The van der Waals surface area contributed by atoms with E-state index in [1.807, 2.05) is 6.92 Å². The van der Waals surface area contributed by atoms with Crippen molar-refractivity contribution in [2.75, 3.05) is 6.61 Å². The zero-order valence-electron chi connectivity index (χ0n) is 14.2. The molecule has 1 N–H and O–H groups in total. The highest BCUT2D eigenvalue weighted by Gasteiger charge is 2.29. The maximum Gasteiger partial charge on any atom is 0.416 e. The van der Waals surface area contributed by atoms with Crippen LogP contribution in [-0.4, -0.2) is 17.8 Å². The number of alkyl halides is 3. The zero-order chi connectivity index (χ0) is 18.6. The van der Waals surface area contributed by atoms with E-state index in [-0.39, 0.29) is 12.0 Å². The van der Waals surface area contributed by atoms with Gasteiger partial charge in [-0.25, -0.2) is 0 Å². The number of hydrogen-bond acceptors (Lipinski definition) is 3. The lowest BCUT2D eigenvalue weighted by Gasteiger charge is -2.07. The van der Waals surface area contributed by atoms with Crippen LogP contribution < -0.4 is 5.43 Å². The van der Waals surface area contributed by atoms with E-state index < -0.39 is 11.7 Å². The second kappa shape index (κ2) is 7.55. The zero-order valence-corrected chi connectivity index (χ0v) is 14.2. The Hall–Kier alpha value is -2.57. The molecule has 0 unspecified atom stereocenters. The summed E-state index contributed by atoms with van der Waals surface area (Å²) >= 11 is 0. The normalized spacial score (nSPS) is 11.9. The maximum absolute atomic E-state index is 12.5. The van der Waals surface area contributed by atoms with Crippen LogP contribution in [0.2, 0.25) is 0 Å². The molecule has 134 valence electrons. The minimum atomic E-state index is -4.34. The summed E-state index contributed by atoms with van der Waals surface area (Å²) in [7, 11) is 0. The monoisotopic (exact) mass is 352 g/mol. The van der Waals surface area contributed by atoms with Crippen LogP contribution >= 0.6 is 0 Å². The molecule has 0 saturated carbocycles. The fourth-order valence-corrected chi connectivity index (χ4v) is 2.31. The standard InChI is InChI=1S/C18H19F3N2O2/c1-11-12(2)23-13(3)16(17(11)24)10-22-25-9-8-14-4-6-15(7-5-14)18(19,20)21/h4-7,10H,8-9H2,1-3H3,(H,23,24)/b22-10+. The largest absolute Gasteiger partial charge is 0.416 e. The molecule has 2 aromatic rings. The summed E-state index contributed by atoms with van der Waals surface area (Å²) < 4.78 is 37.4. The molecular weight excluding hydrogens is 333 g/mol. The lowest BCUT2D eigenvalue weighted by Crippen LogP contribution is -2.17. The van der Waals surface area contributed by atoms with Crippen molar-refractivity contribution in [2.45, 2.75) is 33.4 Å². The number of halogens is 3. The first kappa shape index (κ1) is 18.8. The third-order valence-corrected chi connectivity index (χ3v) is 3.95. The van der Waals surface area contributed by atoms with Gasteiger partial charge in [-0.05, 0) is 38.5 Å². The van der Waals surface area contributed by atoms with Crippen LogP contribution in [0, 0.1) is 20.8 Å². The highest BCUT2D eigenvalue weighted by atomic mass is 19.4. The Morgan fingerprint density at radius 2 is 1.76 bits per heavy atom. The predicted molar refractivity (Wildman–Crippen MR) is 90.0 cm³/mol. The molecule has 7 heteroatoms. The van der Waals surface area contributed by atoms with Crippen LogP contribution in [0.1, 0.15) is 33.6 Å². The van der Waals surface area contributed by atoms with E-state index >= 15 is 0 Å². The van der Waals surface area contributed by atoms with Crippen molar-refractivity contribution in [1.82, 2.24) is 4.98 Å². The molecule has 2 rings (SSSR count). The molecule has 0 spiro atoms. The van der Waals surface area contributed by atoms with Gasteiger partial charge in [0.1, 0.15) is 6.61 Å². The number of hydrogen-bond donors (Lipinski definition) is 1. The van der Waals surface area contributed by atoms with Crippen molar-refractivity contribution in [1.29, 1.82) is 0 Å². The van der Waals surface area contributed by atoms with E-state index in [0.29, 0.717) is 28.8 Å². The minimum Gasteiger partial charge on any atom is -0.395 e. The highest BCUT2D eigenvalue weighted by molar-refractivity contribution is 5.80. The van der Waals surface area contributed by atoms with Crippen LogP contribution in [0.4, 0.5) is 13.2 Å². The first-order chi connectivity index (χ1) is 11.7. The van der Waals surface area contributed by atoms with Crippen LogP contribution in [0.5, 0.6) is 0 Å².